The molecule has 2 atom stereocenters. The Morgan fingerprint density at radius 2 is 1.79 bits per heavy atom. The summed E-state index contributed by atoms with van der Waals surface area (Å²) in [5.41, 5.74) is 1.21. The van der Waals surface area contributed by atoms with Gasteiger partial charge in [-0.15, -0.1) is 0 Å². The zero-order valence-electron chi connectivity index (χ0n) is 12.7. The molecule has 0 aromatic heterocycles. The molecule has 1 aromatic rings. The van der Waals surface area contributed by atoms with Crippen molar-refractivity contribution in [3.8, 4) is 0 Å². The Labute approximate surface area is 117 Å². The van der Waals surface area contributed by atoms with Crippen molar-refractivity contribution in [3.63, 3.8) is 0 Å². The molecule has 0 aliphatic rings. The second-order valence-electron chi connectivity index (χ2n) is 5.40. The van der Waals surface area contributed by atoms with Crippen molar-refractivity contribution in [2.75, 3.05) is 0 Å². The van der Waals surface area contributed by atoms with Crippen molar-refractivity contribution in [1.29, 1.82) is 0 Å². The van der Waals surface area contributed by atoms with Gasteiger partial charge in [0.2, 0.25) is 5.91 Å². The van der Waals surface area contributed by atoms with Crippen LogP contribution >= 0.6 is 0 Å². The third-order valence-electron chi connectivity index (χ3n) is 3.74. The SMILES string of the molecule is CCCC(C)C(=O)N(Cc1ccccc1)C(C)CC. The minimum Gasteiger partial charge on any atom is -0.335 e. The first-order chi connectivity index (χ1) is 9.10. The third-order valence-corrected chi connectivity index (χ3v) is 3.74. The molecule has 0 bridgehead atoms. The van der Waals surface area contributed by atoms with E-state index in [1.807, 2.05) is 30.0 Å². The van der Waals surface area contributed by atoms with Crippen LogP contribution in [0.4, 0.5) is 0 Å². The van der Waals surface area contributed by atoms with Crippen molar-refractivity contribution < 1.29 is 4.79 Å². The van der Waals surface area contributed by atoms with Gasteiger partial charge in [0.1, 0.15) is 0 Å². The molecule has 0 saturated carbocycles. The quantitative estimate of drug-likeness (QED) is 0.718. The summed E-state index contributed by atoms with van der Waals surface area (Å²) >= 11 is 0. The molecule has 0 aliphatic carbocycles. The fourth-order valence-corrected chi connectivity index (χ4v) is 2.29. The van der Waals surface area contributed by atoms with Crippen LogP contribution in [0.1, 0.15) is 52.5 Å². The maximum atomic E-state index is 12.6. The first kappa shape index (κ1) is 15.7. The Morgan fingerprint density at radius 3 is 2.32 bits per heavy atom. The van der Waals surface area contributed by atoms with Crippen LogP contribution in [-0.4, -0.2) is 16.8 Å². The summed E-state index contributed by atoms with van der Waals surface area (Å²) < 4.78 is 0. The molecule has 0 N–H and O–H groups in total. The summed E-state index contributed by atoms with van der Waals surface area (Å²) in [6, 6.07) is 10.6. The van der Waals surface area contributed by atoms with Gasteiger partial charge in [-0.2, -0.15) is 0 Å². The maximum Gasteiger partial charge on any atom is 0.225 e. The number of carbonyl (C=O) groups excluding carboxylic acids is 1. The van der Waals surface area contributed by atoms with Crippen LogP contribution in [0.2, 0.25) is 0 Å². The van der Waals surface area contributed by atoms with E-state index in [9.17, 15) is 4.79 Å². The van der Waals surface area contributed by atoms with Gasteiger partial charge in [-0.1, -0.05) is 57.5 Å². The van der Waals surface area contributed by atoms with Crippen molar-refractivity contribution >= 4 is 5.91 Å². The topological polar surface area (TPSA) is 20.3 Å². The van der Waals surface area contributed by atoms with Crippen LogP contribution in [0.5, 0.6) is 0 Å². The van der Waals surface area contributed by atoms with Crippen LogP contribution in [0.3, 0.4) is 0 Å². The van der Waals surface area contributed by atoms with Crippen LogP contribution in [0.25, 0.3) is 0 Å². The zero-order valence-corrected chi connectivity index (χ0v) is 12.7. The highest BCUT2D eigenvalue weighted by Crippen LogP contribution is 2.17. The standard InChI is InChI=1S/C17H27NO/c1-5-10-14(3)17(19)18(15(4)6-2)13-16-11-8-7-9-12-16/h7-9,11-12,14-15H,5-6,10,13H2,1-4H3. The van der Waals surface area contributed by atoms with Gasteiger partial charge in [0.25, 0.3) is 0 Å². The zero-order chi connectivity index (χ0) is 14.3. The number of benzene rings is 1. The van der Waals surface area contributed by atoms with Crippen molar-refractivity contribution in [1.82, 2.24) is 4.90 Å². The van der Waals surface area contributed by atoms with Gasteiger partial charge in [-0.05, 0) is 25.3 Å². The average molecular weight is 261 g/mol. The number of rotatable bonds is 7. The van der Waals surface area contributed by atoms with Gasteiger partial charge in [0, 0.05) is 18.5 Å². The summed E-state index contributed by atoms with van der Waals surface area (Å²) in [6.45, 7) is 9.18. The maximum absolute atomic E-state index is 12.6. The van der Waals surface area contributed by atoms with E-state index in [1.165, 1.54) is 5.56 Å². The predicted molar refractivity (Wildman–Crippen MR) is 80.8 cm³/mol. The molecule has 2 nitrogen and oxygen atoms in total. The number of amides is 1. The molecule has 1 amide bonds. The number of hydrogen-bond acceptors (Lipinski definition) is 1. The highest BCUT2D eigenvalue weighted by atomic mass is 16.2. The van der Waals surface area contributed by atoms with Gasteiger partial charge in [0.05, 0.1) is 0 Å². The summed E-state index contributed by atoms with van der Waals surface area (Å²) in [7, 11) is 0. The Morgan fingerprint density at radius 1 is 1.16 bits per heavy atom. The van der Waals surface area contributed by atoms with Crippen molar-refractivity contribution in [2.24, 2.45) is 5.92 Å². The van der Waals surface area contributed by atoms with E-state index < -0.39 is 0 Å². The molecule has 2 unspecified atom stereocenters. The summed E-state index contributed by atoms with van der Waals surface area (Å²) in [6.07, 6.45) is 3.03. The lowest BCUT2D eigenvalue weighted by Crippen LogP contribution is -2.40. The van der Waals surface area contributed by atoms with Gasteiger partial charge >= 0.3 is 0 Å². The van der Waals surface area contributed by atoms with E-state index in [4.69, 9.17) is 0 Å². The lowest BCUT2D eigenvalue weighted by molar-refractivity contribution is -0.138. The largest absolute Gasteiger partial charge is 0.335 e. The first-order valence-corrected chi connectivity index (χ1v) is 7.44. The highest BCUT2D eigenvalue weighted by Gasteiger charge is 2.23. The fraction of sp³-hybridized carbons (Fsp3) is 0.588. The molecular weight excluding hydrogens is 234 g/mol. The number of carbonyl (C=O) groups is 1. The average Bonchev–Trinajstić information content (AvgIpc) is 2.44. The van der Waals surface area contributed by atoms with Gasteiger partial charge < -0.3 is 4.90 Å². The first-order valence-electron chi connectivity index (χ1n) is 7.44. The summed E-state index contributed by atoms with van der Waals surface area (Å²) in [5.74, 6) is 0.419. The summed E-state index contributed by atoms with van der Waals surface area (Å²) in [4.78, 5) is 14.6. The monoisotopic (exact) mass is 261 g/mol. The molecule has 1 rings (SSSR count). The normalized spacial score (nSPS) is 13.9. The molecule has 0 heterocycles. The van der Waals surface area contributed by atoms with Crippen molar-refractivity contribution in [3.05, 3.63) is 35.9 Å². The smallest absolute Gasteiger partial charge is 0.225 e. The van der Waals surface area contributed by atoms with E-state index in [2.05, 4.69) is 32.9 Å². The Kier molecular flexibility index (Phi) is 6.61. The van der Waals surface area contributed by atoms with E-state index in [-0.39, 0.29) is 5.92 Å². The molecule has 0 spiro atoms. The van der Waals surface area contributed by atoms with Crippen LogP contribution < -0.4 is 0 Å². The summed E-state index contributed by atoms with van der Waals surface area (Å²) in [5, 5.41) is 0. The van der Waals surface area contributed by atoms with E-state index >= 15 is 0 Å². The molecule has 0 radical (unpaired) electrons. The lowest BCUT2D eigenvalue weighted by Gasteiger charge is -2.31. The van der Waals surface area contributed by atoms with Gasteiger partial charge in [0.15, 0.2) is 0 Å². The molecule has 0 fully saturated rings. The molecule has 106 valence electrons. The van der Waals surface area contributed by atoms with E-state index in [0.29, 0.717) is 11.9 Å². The van der Waals surface area contributed by atoms with Crippen LogP contribution in [0, 0.1) is 5.92 Å². The van der Waals surface area contributed by atoms with E-state index in [0.717, 1.165) is 25.8 Å². The van der Waals surface area contributed by atoms with Crippen LogP contribution in [-0.2, 0) is 11.3 Å². The second-order valence-corrected chi connectivity index (χ2v) is 5.40. The highest BCUT2D eigenvalue weighted by molar-refractivity contribution is 5.78. The molecule has 0 saturated heterocycles. The molecule has 19 heavy (non-hydrogen) atoms. The fourth-order valence-electron chi connectivity index (χ4n) is 2.29. The molecule has 0 aliphatic heterocycles. The Balaban J connectivity index is 2.80. The van der Waals surface area contributed by atoms with Crippen LogP contribution in [0.15, 0.2) is 30.3 Å². The van der Waals surface area contributed by atoms with Crippen molar-refractivity contribution in [2.45, 2.75) is 59.5 Å². The molecule has 1 aromatic carbocycles. The predicted octanol–water partition coefficient (Wildman–Crippen LogP) is 4.25. The number of hydrogen-bond donors (Lipinski definition) is 0. The van der Waals surface area contributed by atoms with E-state index in [1.54, 1.807) is 0 Å². The third kappa shape index (κ3) is 4.70. The number of nitrogens with zero attached hydrogens (tertiary/aromatic N) is 1. The molecular formula is C17H27NO. The van der Waals surface area contributed by atoms with Gasteiger partial charge in [-0.3, -0.25) is 4.79 Å². The molecule has 2 heteroatoms. The minimum atomic E-state index is 0.128. The van der Waals surface area contributed by atoms with Gasteiger partial charge in [-0.25, -0.2) is 0 Å². The Hall–Kier alpha value is -1.31. The minimum absolute atomic E-state index is 0.128. The lowest BCUT2D eigenvalue weighted by atomic mass is 10.0. The second kappa shape index (κ2) is 7.98. The Bertz CT molecular complexity index is 374.